The maximum absolute atomic E-state index is 4.64. The Labute approximate surface area is 161 Å². The first-order chi connectivity index (χ1) is 13.3. The highest BCUT2D eigenvalue weighted by Crippen LogP contribution is 2.26. The molecule has 1 aliphatic heterocycles. The zero-order chi connectivity index (χ0) is 18.5. The van der Waals surface area contributed by atoms with Gasteiger partial charge in [0.25, 0.3) is 0 Å². The van der Waals surface area contributed by atoms with Crippen LogP contribution in [0.1, 0.15) is 44.3 Å². The van der Waals surface area contributed by atoms with Gasteiger partial charge >= 0.3 is 0 Å². The van der Waals surface area contributed by atoms with Crippen molar-refractivity contribution in [1.29, 1.82) is 0 Å². The smallest absolute Gasteiger partial charge is 0.191 e. The molecule has 0 radical (unpaired) electrons. The average Bonchev–Trinajstić information content (AvgIpc) is 3.44. The summed E-state index contributed by atoms with van der Waals surface area (Å²) in [5, 5.41) is 7.08. The zero-order valence-electron chi connectivity index (χ0n) is 16.4. The van der Waals surface area contributed by atoms with Crippen LogP contribution >= 0.6 is 0 Å². The summed E-state index contributed by atoms with van der Waals surface area (Å²) in [4.78, 5) is 15.1. The summed E-state index contributed by atoms with van der Waals surface area (Å²) < 4.78 is 0. The van der Waals surface area contributed by atoms with Crippen LogP contribution in [0.5, 0.6) is 0 Å². The van der Waals surface area contributed by atoms with E-state index in [4.69, 9.17) is 0 Å². The number of hydrogen-bond acceptors (Lipinski definition) is 3. The van der Waals surface area contributed by atoms with Gasteiger partial charge in [0.15, 0.2) is 5.96 Å². The van der Waals surface area contributed by atoms with Crippen molar-refractivity contribution in [2.45, 2.75) is 57.0 Å². The van der Waals surface area contributed by atoms with E-state index in [0.717, 1.165) is 54.8 Å². The van der Waals surface area contributed by atoms with E-state index in [2.05, 4.69) is 42.6 Å². The Balaban J connectivity index is 1.18. The number of imidazole rings is 1. The molecule has 6 nitrogen and oxygen atoms in total. The van der Waals surface area contributed by atoms with E-state index < -0.39 is 0 Å². The summed E-state index contributed by atoms with van der Waals surface area (Å²) in [5.41, 5.74) is 2.16. The normalized spacial score (nSPS) is 22.0. The van der Waals surface area contributed by atoms with Gasteiger partial charge in [0.05, 0.1) is 11.0 Å². The van der Waals surface area contributed by atoms with E-state index in [1.54, 1.807) is 0 Å². The minimum Gasteiger partial charge on any atom is -0.356 e. The van der Waals surface area contributed by atoms with Crippen LogP contribution in [0.4, 0.5) is 0 Å². The lowest BCUT2D eigenvalue weighted by atomic mass is 10.2. The standard InChI is InChI=1S/C21H32N6/c1-22-21(24-16-12-14-27(15-16)17-7-2-3-8-17)23-13-6-11-20-25-18-9-4-5-10-19(18)26-20/h4-5,9-10,16-17H,2-3,6-8,11-15H2,1H3,(H,25,26)(H2,22,23,24). The number of fused-ring (bicyclic) bond motifs is 1. The predicted octanol–water partition coefficient (Wildman–Crippen LogP) is 2.68. The lowest BCUT2D eigenvalue weighted by molar-refractivity contribution is 0.242. The van der Waals surface area contributed by atoms with Crippen molar-refractivity contribution in [1.82, 2.24) is 25.5 Å². The molecule has 1 aromatic carbocycles. The molecule has 2 heterocycles. The van der Waals surface area contributed by atoms with Gasteiger partial charge in [-0.2, -0.15) is 0 Å². The van der Waals surface area contributed by atoms with Gasteiger partial charge < -0.3 is 15.6 Å². The molecule has 27 heavy (non-hydrogen) atoms. The highest BCUT2D eigenvalue weighted by Gasteiger charge is 2.30. The Morgan fingerprint density at radius 2 is 2.11 bits per heavy atom. The number of aromatic nitrogens is 2. The number of nitrogens with zero attached hydrogens (tertiary/aromatic N) is 3. The lowest BCUT2D eigenvalue weighted by Gasteiger charge is -2.24. The molecule has 6 heteroatoms. The van der Waals surface area contributed by atoms with E-state index in [-0.39, 0.29) is 0 Å². The van der Waals surface area contributed by atoms with E-state index in [1.807, 2.05) is 19.2 Å². The Kier molecular flexibility index (Phi) is 5.92. The van der Waals surface area contributed by atoms with Crippen LogP contribution in [0.3, 0.4) is 0 Å². The summed E-state index contributed by atoms with van der Waals surface area (Å²) in [6.07, 6.45) is 8.79. The number of hydrogen-bond donors (Lipinski definition) is 3. The third-order valence-corrected chi connectivity index (χ3v) is 5.95. The number of benzene rings is 1. The summed E-state index contributed by atoms with van der Waals surface area (Å²) in [7, 11) is 1.86. The van der Waals surface area contributed by atoms with Crippen molar-refractivity contribution in [3.05, 3.63) is 30.1 Å². The molecule has 2 fully saturated rings. The quantitative estimate of drug-likeness (QED) is 0.417. The summed E-state index contributed by atoms with van der Waals surface area (Å²) >= 11 is 0. The molecule has 3 N–H and O–H groups in total. The lowest BCUT2D eigenvalue weighted by Crippen LogP contribution is -2.45. The number of para-hydroxylation sites is 2. The van der Waals surface area contributed by atoms with Gasteiger partial charge in [-0.3, -0.25) is 9.89 Å². The van der Waals surface area contributed by atoms with Crippen LogP contribution in [0, 0.1) is 0 Å². The molecule has 0 amide bonds. The van der Waals surface area contributed by atoms with Gasteiger partial charge in [-0.1, -0.05) is 25.0 Å². The fourth-order valence-corrected chi connectivity index (χ4v) is 4.48. The molecule has 0 spiro atoms. The van der Waals surface area contributed by atoms with Crippen LogP contribution in [0.25, 0.3) is 11.0 Å². The number of guanidine groups is 1. The molecule has 2 aliphatic rings. The van der Waals surface area contributed by atoms with Crippen LogP contribution in [-0.2, 0) is 6.42 Å². The van der Waals surface area contributed by atoms with Crippen LogP contribution < -0.4 is 10.6 Å². The third kappa shape index (κ3) is 4.61. The van der Waals surface area contributed by atoms with Crippen molar-refractivity contribution in [2.75, 3.05) is 26.7 Å². The molecule has 1 aliphatic carbocycles. The monoisotopic (exact) mass is 368 g/mol. The highest BCUT2D eigenvalue weighted by atomic mass is 15.3. The Morgan fingerprint density at radius 3 is 2.93 bits per heavy atom. The van der Waals surface area contributed by atoms with Crippen molar-refractivity contribution < 1.29 is 0 Å². The Bertz CT molecular complexity index is 728. The molecule has 1 saturated heterocycles. The molecule has 1 aromatic heterocycles. The largest absolute Gasteiger partial charge is 0.356 e. The van der Waals surface area contributed by atoms with Crippen LogP contribution in [0.15, 0.2) is 29.3 Å². The summed E-state index contributed by atoms with van der Waals surface area (Å²) in [5.74, 6) is 1.99. The first-order valence-electron chi connectivity index (χ1n) is 10.5. The molecule has 146 valence electrons. The van der Waals surface area contributed by atoms with E-state index >= 15 is 0 Å². The van der Waals surface area contributed by atoms with Gasteiger partial charge in [-0.25, -0.2) is 4.98 Å². The predicted molar refractivity (Wildman–Crippen MR) is 111 cm³/mol. The van der Waals surface area contributed by atoms with Gasteiger partial charge in [0, 0.05) is 45.2 Å². The summed E-state index contributed by atoms with van der Waals surface area (Å²) in [6.45, 7) is 3.28. The molecule has 0 bridgehead atoms. The van der Waals surface area contributed by atoms with Gasteiger partial charge in [-0.05, 0) is 37.8 Å². The molecule has 4 rings (SSSR count). The number of aliphatic imine (C=N–C) groups is 1. The van der Waals surface area contributed by atoms with Crippen LogP contribution in [0.2, 0.25) is 0 Å². The topological polar surface area (TPSA) is 68.3 Å². The minimum atomic E-state index is 0.521. The van der Waals surface area contributed by atoms with E-state index in [0.29, 0.717) is 6.04 Å². The van der Waals surface area contributed by atoms with E-state index in [1.165, 1.54) is 38.6 Å². The fraction of sp³-hybridized carbons (Fsp3) is 0.619. The number of likely N-dealkylation sites (tertiary alicyclic amines) is 1. The highest BCUT2D eigenvalue weighted by molar-refractivity contribution is 5.80. The van der Waals surface area contributed by atoms with Gasteiger partial charge in [0.1, 0.15) is 5.82 Å². The van der Waals surface area contributed by atoms with Gasteiger partial charge in [-0.15, -0.1) is 0 Å². The van der Waals surface area contributed by atoms with Crippen molar-refractivity contribution in [3.8, 4) is 0 Å². The molecular formula is C21H32N6. The van der Waals surface area contributed by atoms with Gasteiger partial charge in [0.2, 0.25) is 0 Å². The second kappa shape index (κ2) is 8.74. The molecule has 1 atom stereocenters. The van der Waals surface area contributed by atoms with Crippen LogP contribution in [-0.4, -0.2) is 59.6 Å². The first kappa shape index (κ1) is 18.3. The second-order valence-electron chi connectivity index (χ2n) is 7.87. The Morgan fingerprint density at radius 1 is 1.26 bits per heavy atom. The number of aromatic amines is 1. The van der Waals surface area contributed by atoms with Crippen molar-refractivity contribution >= 4 is 17.0 Å². The SMILES string of the molecule is CN=C(NCCCc1nc2ccccc2[nH]1)NC1CCN(C2CCCC2)C1. The van der Waals surface area contributed by atoms with Crippen molar-refractivity contribution in [2.24, 2.45) is 4.99 Å². The number of nitrogens with one attached hydrogen (secondary N) is 3. The van der Waals surface area contributed by atoms with Crippen molar-refractivity contribution in [3.63, 3.8) is 0 Å². The zero-order valence-corrected chi connectivity index (χ0v) is 16.4. The number of rotatable bonds is 6. The number of H-pyrrole nitrogens is 1. The van der Waals surface area contributed by atoms with E-state index in [9.17, 15) is 0 Å². The second-order valence-corrected chi connectivity index (χ2v) is 7.87. The average molecular weight is 369 g/mol. The first-order valence-corrected chi connectivity index (χ1v) is 10.5. The maximum Gasteiger partial charge on any atom is 0.191 e. The summed E-state index contributed by atoms with van der Waals surface area (Å²) in [6, 6.07) is 9.55. The fourth-order valence-electron chi connectivity index (χ4n) is 4.48. The third-order valence-electron chi connectivity index (χ3n) is 5.95. The maximum atomic E-state index is 4.64. The number of aryl methyl sites for hydroxylation is 1. The minimum absolute atomic E-state index is 0.521. The molecule has 1 unspecified atom stereocenters. The molecular weight excluding hydrogens is 336 g/mol. The Hall–Kier alpha value is -2.08. The molecule has 2 aromatic rings. The molecule has 1 saturated carbocycles.